The summed E-state index contributed by atoms with van der Waals surface area (Å²) in [6.07, 6.45) is 0.601. The fraction of sp³-hybridized carbons (Fsp3) is 0.526. The number of methoxy groups -OCH3 is 1. The molecular formula is C19H28N2O5S. The van der Waals surface area contributed by atoms with E-state index >= 15 is 0 Å². The number of benzene rings is 1. The van der Waals surface area contributed by atoms with Crippen molar-refractivity contribution in [3.63, 3.8) is 0 Å². The minimum Gasteiger partial charge on any atom is -0.467 e. The van der Waals surface area contributed by atoms with Gasteiger partial charge in [0.15, 0.2) is 0 Å². The van der Waals surface area contributed by atoms with Gasteiger partial charge in [-0.2, -0.15) is 0 Å². The second-order valence-corrected chi connectivity index (χ2v) is 8.19. The Bertz CT molecular complexity index is 663. The molecule has 0 fully saturated rings. The van der Waals surface area contributed by atoms with Crippen LogP contribution in [-0.4, -0.2) is 46.9 Å². The summed E-state index contributed by atoms with van der Waals surface area (Å²) in [5, 5.41) is 5.22. The van der Waals surface area contributed by atoms with Crippen molar-refractivity contribution < 1.29 is 23.3 Å². The molecule has 0 saturated heterocycles. The molecule has 27 heavy (non-hydrogen) atoms. The lowest BCUT2D eigenvalue weighted by Crippen LogP contribution is -2.52. The number of hydrogen-bond donors (Lipinski definition) is 2. The molecule has 0 heterocycles. The van der Waals surface area contributed by atoms with Crippen molar-refractivity contribution in [1.29, 1.82) is 0 Å². The molecule has 0 saturated carbocycles. The van der Waals surface area contributed by atoms with Crippen LogP contribution in [0.1, 0.15) is 33.6 Å². The highest BCUT2D eigenvalue weighted by molar-refractivity contribution is 7.85. The SMILES string of the molecule is COC(=O)[C@@H](CC[S@@](=O)c1ccccc1)NC(=O)[C@H](CC(C)C)NC(C)=O. The van der Waals surface area contributed by atoms with Crippen molar-refractivity contribution in [1.82, 2.24) is 10.6 Å². The van der Waals surface area contributed by atoms with E-state index in [1.54, 1.807) is 24.3 Å². The van der Waals surface area contributed by atoms with Gasteiger partial charge in [-0.05, 0) is 30.9 Å². The van der Waals surface area contributed by atoms with Crippen molar-refractivity contribution in [3.8, 4) is 0 Å². The Balaban J connectivity index is 2.77. The maximum absolute atomic E-state index is 12.6. The first-order chi connectivity index (χ1) is 12.7. The van der Waals surface area contributed by atoms with Crippen molar-refractivity contribution in [2.45, 2.75) is 50.6 Å². The normalized spacial score (nSPS) is 14.1. The number of esters is 1. The minimum atomic E-state index is -1.30. The van der Waals surface area contributed by atoms with E-state index in [0.29, 0.717) is 11.3 Å². The van der Waals surface area contributed by atoms with Gasteiger partial charge >= 0.3 is 5.97 Å². The zero-order valence-corrected chi connectivity index (χ0v) is 17.0. The lowest BCUT2D eigenvalue weighted by molar-refractivity contribution is -0.145. The Morgan fingerprint density at radius 2 is 1.70 bits per heavy atom. The van der Waals surface area contributed by atoms with Gasteiger partial charge in [-0.3, -0.25) is 13.8 Å². The number of rotatable bonds is 10. The average molecular weight is 397 g/mol. The molecule has 1 rings (SSSR count). The topological polar surface area (TPSA) is 102 Å². The molecule has 2 amide bonds. The monoisotopic (exact) mass is 396 g/mol. The van der Waals surface area contributed by atoms with Gasteiger partial charge in [0.2, 0.25) is 11.8 Å². The van der Waals surface area contributed by atoms with E-state index in [4.69, 9.17) is 4.74 Å². The smallest absolute Gasteiger partial charge is 0.328 e. The molecule has 3 atom stereocenters. The van der Waals surface area contributed by atoms with Gasteiger partial charge in [0.05, 0.1) is 17.9 Å². The number of hydrogen-bond acceptors (Lipinski definition) is 5. The van der Waals surface area contributed by atoms with E-state index in [9.17, 15) is 18.6 Å². The van der Waals surface area contributed by atoms with Crippen LogP contribution < -0.4 is 10.6 Å². The second kappa shape index (κ2) is 11.5. The van der Waals surface area contributed by atoms with E-state index in [1.165, 1.54) is 14.0 Å². The summed E-state index contributed by atoms with van der Waals surface area (Å²) >= 11 is 0. The van der Waals surface area contributed by atoms with Crippen molar-refractivity contribution in [2.24, 2.45) is 5.92 Å². The lowest BCUT2D eigenvalue weighted by Gasteiger charge is -2.23. The van der Waals surface area contributed by atoms with Crippen molar-refractivity contribution in [3.05, 3.63) is 30.3 Å². The Hall–Kier alpha value is -2.22. The molecule has 8 heteroatoms. The summed E-state index contributed by atoms with van der Waals surface area (Å²) < 4.78 is 17.1. The highest BCUT2D eigenvalue weighted by Crippen LogP contribution is 2.10. The van der Waals surface area contributed by atoms with Crippen LogP contribution in [0.25, 0.3) is 0 Å². The van der Waals surface area contributed by atoms with E-state index in [1.807, 2.05) is 19.9 Å². The highest BCUT2D eigenvalue weighted by Gasteiger charge is 2.27. The molecule has 0 aliphatic rings. The summed E-state index contributed by atoms with van der Waals surface area (Å²) in [5.74, 6) is -1.02. The van der Waals surface area contributed by atoms with Crippen LogP contribution in [0.3, 0.4) is 0 Å². The predicted molar refractivity (Wildman–Crippen MR) is 103 cm³/mol. The lowest BCUT2D eigenvalue weighted by atomic mass is 10.0. The first-order valence-corrected chi connectivity index (χ1v) is 10.1. The van der Waals surface area contributed by atoms with Crippen LogP contribution >= 0.6 is 0 Å². The molecule has 1 aromatic rings. The first kappa shape index (κ1) is 22.8. The third-order valence-corrected chi connectivity index (χ3v) is 5.21. The number of amides is 2. The molecule has 1 aromatic carbocycles. The van der Waals surface area contributed by atoms with Gasteiger partial charge in [0.25, 0.3) is 0 Å². The largest absolute Gasteiger partial charge is 0.467 e. The van der Waals surface area contributed by atoms with Gasteiger partial charge in [-0.25, -0.2) is 4.79 Å². The van der Waals surface area contributed by atoms with Crippen LogP contribution in [0.5, 0.6) is 0 Å². The molecule has 0 aliphatic carbocycles. The summed E-state index contributed by atoms with van der Waals surface area (Å²) in [7, 11) is -0.0639. The summed E-state index contributed by atoms with van der Waals surface area (Å²) in [4.78, 5) is 36.6. The van der Waals surface area contributed by atoms with Crippen LogP contribution in [0.15, 0.2) is 35.2 Å². The Morgan fingerprint density at radius 3 is 2.22 bits per heavy atom. The van der Waals surface area contributed by atoms with Gasteiger partial charge in [0.1, 0.15) is 12.1 Å². The maximum atomic E-state index is 12.6. The Morgan fingerprint density at radius 1 is 1.07 bits per heavy atom. The van der Waals surface area contributed by atoms with Gasteiger partial charge in [-0.1, -0.05) is 32.0 Å². The van der Waals surface area contributed by atoms with Crippen LogP contribution in [0.2, 0.25) is 0 Å². The van der Waals surface area contributed by atoms with Gasteiger partial charge in [0, 0.05) is 17.6 Å². The number of ether oxygens (including phenoxy) is 1. The van der Waals surface area contributed by atoms with Crippen molar-refractivity contribution >= 4 is 28.6 Å². The molecule has 0 radical (unpaired) electrons. The Labute approximate surface area is 162 Å². The summed E-state index contributed by atoms with van der Waals surface area (Å²) in [6, 6.07) is 7.23. The number of nitrogens with one attached hydrogen (secondary N) is 2. The molecule has 2 N–H and O–H groups in total. The number of carbonyl (C=O) groups is 3. The van der Waals surface area contributed by atoms with E-state index in [2.05, 4.69) is 10.6 Å². The zero-order chi connectivity index (χ0) is 20.4. The fourth-order valence-electron chi connectivity index (χ4n) is 2.53. The maximum Gasteiger partial charge on any atom is 0.328 e. The minimum absolute atomic E-state index is 0.161. The fourth-order valence-corrected chi connectivity index (χ4v) is 3.67. The van der Waals surface area contributed by atoms with E-state index < -0.39 is 34.8 Å². The average Bonchev–Trinajstić information content (AvgIpc) is 2.63. The van der Waals surface area contributed by atoms with Crippen molar-refractivity contribution in [2.75, 3.05) is 12.9 Å². The number of carbonyl (C=O) groups excluding carboxylic acids is 3. The van der Waals surface area contributed by atoms with Crippen LogP contribution in [0, 0.1) is 5.92 Å². The molecule has 0 aliphatic heterocycles. The van der Waals surface area contributed by atoms with Gasteiger partial charge < -0.3 is 15.4 Å². The standard InChI is InChI=1S/C19H28N2O5S/c1-13(2)12-17(20-14(3)22)18(23)21-16(19(24)26-4)10-11-27(25)15-8-6-5-7-9-15/h5-9,13,16-17H,10-12H2,1-4H3,(H,20,22)(H,21,23)/t16-,17+,27-/m1/s1. The zero-order valence-electron chi connectivity index (χ0n) is 16.2. The summed E-state index contributed by atoms with van der Waals surface area (Å²) in [5.41, 5.74) is 0. The van der Waals surface area contributed by atoms with Crippen LogP contribution in [-0.2, 0) is 29.9 Å². The van der Waals surface area contributed by atoms with Crippen LogP contribution in [0.4, 0.5) is 0 Å². The highest BCUT2D eigenvalue weighted by atomic mass is 32.2. The molecule has 0 unspecified atom stereocenters. The first-order valence-electron chi connectivity index (χ1n) is 8.83. The Kier molecular flexibility index (Phi) is 9.71. The second-order valence-electron chi connectivity index (χ2n) is 6.62. The molecule has 0 aromatic heterocycles. The third kappa shape index (κ3) is 8.34. The van der Waals surface area contributed by atoms with E-state index in [0.717, 1.165) is 0 Å². The quantitative estimate of drug-likeness (QED) is 0.582. The summed E-state index contributed by atoms with van der Waals surface area (Å²) in [6.45, 7) is 5.20. The third-order valence-electron chi connectivity index (χ3n) is 3.80. The molecule has 0 spiro atoms. The molecular weight excluding hydrogens is 368 g/mol. The molecule has 150 valence electrons. The molecule has 7 nitrogen and oxygen atoms in total. The molecule has 0 bridgehead atoms. The van der Waals surface area contributed by atoms with Gasteiger partial charge in [-0.15, -0.1) is 0 Å². The predicted octanol–water partition coefficient (Wildman–Crippen LogP) is 1.39. The van der Waals surface area contributed by atoms with E-state index in [-0.39, 0.29) is 24.0 Å².